The van der Waals surface area contributed by atoms with Crippen molar-refractivity contribution in [2.45, 2.75) is 0 Å². The Hall–Kier alpha value is -7.89. The Morgan fingerprint density at radius 1 is 0.379 bits per heavy atom. The summed E-state index contributed by atoms with van der Waals surface area (Å²) in [4.78, 5) is 7.32. The molecule has 0 saturated heterocycles. The summed E-state index contributed by atoms with van der Waals surface area (Å²) in [6, 6.07) is 67.5. The maximum Gasteiger partial charge on any atom is 0.227 e. The third-order valence-electron chi connectivity index (χ3n) is 11.3. The van der Waals surface area contributed by atoms with Crippen LogP contribution in [0.15, 0.2) is 207 Å². The Balaban J connectivity index is 1.03. The number of benzene rings is 9. The van der Waals surface area contributed by atoms with Gasteiger partial charge in [0.25, 0.3) is 0 Å². The molecule has 0 radical (unpaired) electrons. The lowest BCUT2D eigenvalue weighted by molar-refractivity contribution is 0.619. The van der Waals surface area contributed by atoms with Gasteiger partial charge >= 0.3 is 0 Å². The van der Waals surface area contributed by atoms with Crippen LogP contribution in [0, 0.1) is 0 Å². The molecule has 0 spiro atoms. The van der Waals surface area contributed by atoms with Crippen LogP contribution in [0.2, 0.25) is 0 Å². The average Bonchev–Trinajstić information content (AvgIpc) is 4.01. The van der Waals surface area contributed by atoms with Gasteiger partial charge in [-0.25, -0.2) is 4.98 Å². The Labute approximate surface area is 332 Å². The highest BCUT2D eigenvalue weighted by atomic mass is 16.4. The topological polar surface area (TPSA) is 55.6 Å². The van der Waals surface area contributed by atoms with Gasteiger partial charge in [-0.15, -0.1) is 0 Å². The van der Waals surface area contributed by atoms with Crippen LogP contribution in [0.25, 0.3) is 99.5 Å². The van der Waals surface area contributed by atoms with Crippen molar-refractivity contribution in [2.75, 3.05) is 4.90 Å². The van der Waals surface area contributed by atoms with Crippen molar-refractivity contribution in [3.8, 4) is 33.7 Å². The van der Waals surface area contributed by atoms with E-state index in [0.717, 1.165) is 94.3 Å². The number of para-hydroxylation sites is 2. The second kappa shape index (κ2) is 12.8. The molecule has 0 aliphatic heterocycles. The number of aromatic nitrogens is 1. The van der Waals surface area contributed by atoms with E-state index in [9.17, 15) is 0 Å². The van der Waals surface area contributed by atoms with E-state index in [-0.39, 0.29) is 0 Å². The molecule has 0 unspecified atom stereocenters. The van der Waals surface area contributed by atoms with Crippen molar-refractivity contribution in [3.63, 3.8) is 0 Å². The normalized spacial score (nSPS) is 11.8. The molecular weight excluding hydrogens is 713 g/mol. The van der Waals surface area contributed by atoms with Gasteiger partial charge in [-0.05, 0) is 94.2 Å². The van der Waals surface area contributed by atoms with Gasteiger partial charge in [0, 0.05) is 33.3 Å². The molecule has 0 bridgehead atoms. The standard InChI is InChI=1S/C53H32N2O3/c1-2-13-35(14-3-1)53-54-51-48(58-53)31-30-47-50(51)43-22-10-21-41(52(43)57-47)36-16-8-17-38(32-36)55(44-23-11-25-46-49(44)42-19-6-7-24-45(42)56-46)37-28-26-34(27-29-37)40-20-9-15-33-12-4-5-18-39(33)40/h1-32H. The van der Waals surface area contributed by atoms with Gasteiger partial charge in [0.15, 0.2) is 5.58 Å². The van der Waals surface area contributed by atoms with Gasteiger partial charge in [0.05, 0.1) is 16.5 Å². The van der Waals surface area contributed by atoms with E-state index < -0.39 is 0 Å². The number of rotatable bonds is 6. The van der Waals surface area contributed by atoms with Crippen molar-refractivity contribution in [2.24, 2.45) is 0 Å². The van der Waals surface area contributed by atoms with Crippen molar-refractivity contribution < 1.29 is 13.3 Å². The van der Waals surface area contributed by atoms with Crippen molar-refractivity contribution in [1.82, 2.24) is 4.98 Å². The summed E-state index contributed by atoms with van der Waals surface area (Å²) < 4.78 is 19.4. The van der Waals surface area contributed by atoms with Gasteiger partial charge in [-0.1, -0.05) is 127 Å². The van der Waals surface area contributed by atoms with Crippen LogP contribution in [-0.2, 0) is 0 Å². The summed E-state index contributed by atoms with van der Waals surface area (Å²) in [7, 11) is 0. The van der Waals surface area contributed by atoms with Crippen LogP contribution in [0.4, 0.5) is 17.1 Å². The van der Waals surface area contributed by atoms with E-state index in [1.165, 1.54) is 16.3 Å². The summed E-state index contributed by atoms with van der Waals surface area (Å²) in [6.45, 7) is 0. The van der Waals surface area contributed by atoms with Crippen molar-refractivity contribution in [1.29, 1.82) is 0 Å². The first-order valence-electron chi connectivity index (χ1n) is 19.4. The molecule has 5 heteroatoms. The largest absolute Gasteiger partial charge is 0.456 e. The third-order valence-corrected chi connectivity index (χ3v) is 11.3. The molecule has 3 aromatic heterocycles. The van der Waals surface area contributed by atoms with Crippen molar-refractivity contribution in [3.05, 3.63) is 194 Å². The minimum absolute atomic E-state index is 0.590. The predicted octanol–water partition coefficient (Wildman–Crippen LogP) is 15.3. The molecule has 0 saturated carbocycles. The highest BCUT2D eigenvalue weighted by Gasteiger charge is 2.22. The monoisotopic (exact) mass is 744 g/mol. The van der Waals surface area contributed by atoms with Crippen LogP contribution >= 0.6 is 0 Å². The molecule has 58 heavy (non-hydrogen) atoms. The second-order valence-electron chi connectivity index (χ2n) is 14.7. The van der Waals surface area contributed by atoms with E-state index in [1.54, 1.807) is 0 Å². The Bertz CT molecular complexity index is 3520. The molecule has 0 N–H and O–H groups in total. The first-order valence-corrected chi connectivity index (χ1v) is 19.4. The Morgan fingerprint density at radius 2 is 1.05 bits per heavy atom. The van der Waals surface area contributed by atoms with E-state index in [0.29, 0.717) is 5.89 Å². The summed E-state index contributed by atoms with van der Waals surface area (Å²) in [6.07, 6.45) is 0. The average molecular weight is 745 g/mol. The molecule has 0 fully saturated rings. The minimum Gasteiger partial charge on any atom is -0.456 e. The van der Waals surface area contributed by atoms with Gasteiger partial charge in [0.1, 0.15) is 27.8 Å². The number of furan rings is 2. The van der Waals surface area contributed by atoms with Crippen LogP contribution in [0.3, 0.4) is 0 Å². The van der Waals surface area contributed by atoms with Crippen LogP contribution in [0.5, 0.6) is 0 Å². The summed E-state index contributed by atoms with van der Waals surface area (Å²) in [5.41, 5.74) is 13.2. The lowest BCUT2D eigenvalue weighted by Crippen LogP contribution is -2.10. The second-order valence-corrected chi connectivity index (χ2v) is 14.7. The third kappa shape index (κ3) is 5.07. The van der Waals surface area contributed by atoms with Gasteiger partial charge < -0.3 is 18.2 Å². The maximum atomic E-state index is 6.70. The number of hydrogen-bond donors (Lipinski definition) is 0. The molecular formula is C53H32N2O3. The summed E-state index contributed by atoms with van der Waals surface area (Å²) in [5, 5.41) is 6.53. The highest BCUT2D eigenvalue weighted by molar-refractivity contribution is 6.19. The molecule has 0 aliphatic rings. The van der Waals surface area contributed by atoms with E-state index in [4.69, 9.17) is 18.2 Å². The van der Waals surface area contributed by atoms with Gasteiger partial charge in [0.2, 0.25) is 5.89 Å². The molecule has 12 rings (SSSR count). The fourth-order valence-corrected chi connectivity index (χ4v) is 8.66. The molecule has 0 aliphatic carbocycles. The lowest BCUT2D eigenvalue weighted by Gasteiger charge is -2.27. The number of fused-ring (bicyclic) bond motifs is 9. The zero-order chi connectivity index (χ0) is 38.2. The van der Waals surface area contributed by atoms with Crippen LogP contribution in [0.1, 0.15) is 0 Å². The predicted molar refractivity (Wildman–Crippen MR) is 237 cm³/mol. The van der Waals surface area contributed by atoms with E-state index in [2.05, 4.69) is 138 Å². The molecule has 9 aromatic carbocycles. The maximum absolute atomic E-state index is 6.70. The molecule has 0 amide bonds. The minimum atomic E-state index is 0.590. The number of oxazole rings is 1. The first-order chi connectivity index (χ1) is 28.7. The van der Waals surface area contributed by atoms with Gasteiger partial charge in [-0.2, -0.15) is 0 Å². The molecule has 272 valence electrons. The molecule has 5 nitrogen and oxygen atoms in total. The zero-order valence-corrected chi connectivity index (χ0v) is 31.1. The first kappa shape index (κ1) is 32.4. The Morgan fingerprint density at radius 3 is 1.97 bits per heavy atom. The molecule has 12 aromatic rings. The fraction of sp³-hybridized carbons (Fsp3) is 0. The molecule has 3 heterocycles. The SMILES string of the molecule is c1ccc(-c2nc3c(ccc4oc5c(-c6cccc(N(c7ccc(-c8cccc9ccccc89)cc7)c7cccc8oc9ccccc9c78)c6)cccc5c43)o2)cc1. The van der Waals surface area contributed by atoms with Gasteiger partial charge in [-0.3, -0.25) is 0 Å². The zero-order valence-electron chi connectivity index (χ0n) is 31.1. The van der Waals surface area contributed by atoms with E-state index >= 15 is 0 Å². The van der Waals surface area contributed by atoms with Crippen LogP contribution < -0.4 is 4.90 Å². The number of nitrogens with zero attached hydrogens (tertiary/aromatic N) is 2. The van der Waals surface area contributed by atoms with Crippen LogP contribution in [-0.4, -0.2) is 4.98 Å². The number of anilines is 3. The summed E-state index contributed by atoms with van der Waals surface area (Å²) >= 11 is 0. The smallest absolute Gasteiger partial charge is 0.227 e. The molecule has 0 atom stereocenters. The lowest BCUT2D eigenvalue weighted by atomic mass is 9.97. The highest BCUT2D eigenvalue weighted by Crippen LogP contribution is 2.46. The Kier molecular flexibility index (Phi) is 7.16. The fourth-order valence-electron chi connectivity index (χ4n) is 8.66. The summed E-state index contributed by atoms with van der Waals surface area (Å²) in [5.74, 6) is 0.590. The quantitative estimate of drug-likeness (QED) is 0.170. The number of hydrogen-bond acceptors (Lipinski definition) is 5. The van der Waals surface area contributed by atoms with Crippen molar-refractivity contribution >= 4 is 82.8 Å². The van der Waals surface area contributed by atoms with E-state index in [1.807, 2.05) is 60.7 Å².